The van der Waals surface area contributed by atoms with Gasteiger partial charge in [0.2, 0.25) is 15.9 Å². The Balaban J connectivity index is 1.87. The number of sulfonamides is 1. The predicted molar refractivity (Wildman–Crippen MR) is 125 cm³/mol. The molecule has 0 fully saturated rings. The van der Waals surface area contributed by atoms with E-state index in [0.717, 1.165) is 23.1 Å². The van der Waals surface area contributed by atoms with E-state index in [1.807, 2.05) is 32.0 Å². The van der Waals surface area contributed by atoms with Crippen molar-refractivity contribution in [3.8, 4) is 17.2 Å². The molecular weight excluding hydrogens is 432 g/mol. The number of rotatable bonds is 12. The second kappa shape index (κ2) is 11.6. The second-order valence-electron chi connectivity index (χ2n) is 7.44. The van der Waals surface area contributed by atoms with Crippen molar-refractivity contribution in [2.24, 2.45) is 0 Å². The minimum absolute atomic E-state index is 0.134. The number of amides is 1. The van der Waals surface area contributed by atoms with E-state index in [0.29, 0.717) is 36.8 Å². The van der Waals surface area contributed by atoms with E-state index in [1.165, 1.54) is 18.5 Å². The van der Waals surface area contributed by atoms with Crippen LogP contribution >= 0.6 is 0 Å². The number of hydrogen-bond donors (Lipinski definition) is 1. The number of aryl methyl sites for hydroxylation is 2. The lowest BCUT2D eigenvalue weighted by molar-refractivity contribution is -0.121. The van der Waals surface area contributed by atoms with Gasteiger partial charge in [-0.2, -0.15) is 0 Å². The molecule has 0 unspecified atom stereocenters. The van der Waals surface area contributed by atoms with Gasteiger partial charge in [-0.05, 0) is 44.0 Å². The third kappa shape index (κ3) is 7.33. The number of benzene rings is 2. The predicted octanol–water partition coefficient (Wildman–Crippen LogP) is 3.06. The zero-order valence-electron chi connectivity index (χ0n) is 19.3. The van der Waals surface area contributed by atoms with Crippen molar-refractivity contribution in [2.75, 3.05) is 44.5 Å². The molecule has 0 heterocycles. The smallest absolute Gasteiger partial charge is 0.232 e. The van der Waals surface area contributed by atoms with Crippen LogP contribution in [-0.2, 0) is 14.8 Å². The Morgan fingerprint density at radius 2 is 1.75 bits per heavy atom. The van der Waals surface area contributed by atoms with Gasteiger partial charge in [0, 0.05) is 19.0 Å². The van der Waals surface area contributed by atoms with Gasteiger partial charge in [-0.1, -0.05) is 17.7 Å². The third-order valence-electron chi connectivity index (χ3n) is 4.83. The van der Waals surface area contributed by atoms with Crippen molar-refractivity contribution in [2.45, 2.75) is 26.7 Å². The molecule has 2 aromatic rings. The van der Waals surface area contributed by atoms with Gasteiger partial charge in [0.25, 0.3) is 0 Å². The molecule has 2 aromatic carbocycles. The van der Waals surface area contributed by atoms with Gasteiger partial charge in [-0.3, -0.25) is 9.10 Å². The minimum Gasteiger partial charge on any atom is -0.497 e. The van der Waals surface area contributed by atoms with Gasteiger partial charge in [0.1, 0.15) is 23.9 Å². The number of anilines is 1. The average molecular weight is 465 g/mol. The van der Waals surface area contributed by atoms with Gasteiger partial charge < -0.3 is 19.5 Å². The normalized spacial score (nSPS) is 11.0. The van der Waals surface area contributed by atoms with Gasteiger partial charge in [0.05, 0.1) is 32.7 Å². The summed E-state index contributed by atoms with van der Waals surface area (Å²) in [5, 5.41) is 2.80. The Morgan fingerprint density at radius 1 is 1.03 bits per heavy atom. The Hall–Kier alpha value is -2.94. The summed E-state index contributed by atoms with van der Waals surface area (Å²) in [6.07, 6.45) is 1.65. The lowest BCUT2D eigenvalue weighted by Gasteiger charge is -2.24. The SMILES string of the molecule is COc1ccc(OC)c(N(CCCC(=O)NCCOc2ccc(C)cc2C)S(C)(=O)=O)c1. The Bertz CT molecular complexity index is 1020. The molecule has 1 amide bonds. The fraction of sp³-hybridized carbons (Fsp3) is 0.435. The van der Waals surface area contributed by atoms with Crippen molar-refractivity contribution >= 4 is 21.6 Å². The number of methoxy groups -OCH3 is 2. The van der Waals surface area contributed by atoms with Crippen molar-refractivity contribution in [3.63, 3.8) is 0 Å². The van der Waals surface area contributed by atoms with Crippen LogP contribution in [-0.4, -0.2) is 54.5 Å². The van der Waals surface area contributed by atoms with E-state index in [1.54, 1.807) is 18.2 Å². The maximum absolute atomic E-state index is 12.4. The lowest BCUT2D eigenvalue weighted by atomic mass is 10.1. The van der Waals surface area contributed by atoms with Gasteiger partial charge in [0.15, 0.2) is 0 Å². The number of carbonyl (C=O) groups excluding carboxylic acids is 1. The topological polar surface area (TPSA) is 94.2 Å². The van der Waals surface area contributed by atoms with E-state index >= 15 is 0 Å². The molecule has 9 heteroatoms. The minimum atomic E-state index is -3.59. The summed E-state index contributed by atoms with van der Waals surface area (Å²) in [5.41, 5.74) is 2.58. The first-order valence-corrected chi connectivity index (χ1v) is 12.2. The van der Waals surface area contributed by atoms with E-state index in [9.17, 15) is 13.2 Å². The molecular formula is C23H32N2O6S. The second-order valence-corrected chi connectivity index (χ2v) is 9.35. The first-order valence-electron chi connectivity index (χ1n) is 10.3. The third-order valence-corrected chi connectivity index (χ3v) is 6.01. The van der Waals surface area contributed by atoms with Crippen LogP contribution in [0.4, 0.5) is 5.69 Å². The lowest BCUT2D eigenvalue weighted by Crippen LogP contribution is -2.33. The van der Waals surface area contributed by atoms with Crippen LogP contribution in [0.3, 0.4) is 0 Å². The Morgan fingerprint density at radius 3 is 2.38 bits per heavy atom. The molecule has 0 saturated heterocycles. The molecule has 0 radical (unpaired) electrons. The molecule has 176 valence electrons. The number of hydrogen-bond acceptors (Lipinski definition) is 6. The van der Waals surface area contributed by atoms with Crippen LogP contribution in [0.5, 0.6) is 17.2 Å². The molecule has 0 aliphatic rings. The fourth-order valence-electron chi connectivity index (χ4n) is 3.24. The monoisotopic (exact) mass is 464 g/mol. The summed E-state index contributed by atoms with van der Waals surface area (Å²) in [6, 6.07) is 10.9. The summed E-state index contributed by atoms with van der Waals surface area (Å²) in [7, 11) is -0.610. The Labute approximate surface area is 190 Å². The van der Waals surface area contributed by atoms with Crippen LogP contribution in [0.15, 0.2) is 36.4 Å². The maximum atomic E-state index is 12.4. The highest BCUT2D eigenvalue weighted by molar-refractivity contribution is 7.92. The molecule has 0 aromatic heterocycles. The van der Waals surface area contributed by atoms with Crippen molar-refractivity contribution in [1.29, 1.82) is 0 Å². The first kappa shape index (κ1) is 25.3. The number of ether oxygens (including phenoxy) is 3. The molecule has 0 bridgehead atoms. The fourth-order valence-corrected chi connectivity index (χ4v) is 4.20. The summed E-state index contributed by atoms with van der Waals surface area (Å²) in [4.78, 5) is 12.2. The number of nitrogens with one attached hydrogen (secondary N) is 1. The van der Waals surface area contributed by atoms with Crippen molar-refractivity contribution in [1.82, 2.24) is 5.32 Å². The van der Waals surface area contributed by atoms with Crippen LogP contribution in [0.25, 0.3) is 0 Å². The van der Waals surface area contributed by atoms with Crippen LogP contribution in [0.2, 0.25) is 0 Å². The summed E-state index contributed by atoms with van der Waals surface area (Å²) < 4.78 is 42.2. The highest BCUT2D eigenvalue weighted by atomic mass is 32.2. The zero-order chi connectivity index (χ0) is 23.7. The van der Waals surface area contributed by atoms with Gasteiger partial charge >= 0.3 is 0 Å². The summed E-state index contributed by atoms with van der Waals surface area (Å²) in [5.74, 6) is 1.54. The molecule has 0 atom stereocenters. The van der Waals surface area contributed by atoms with Gasteiger partial charge in [-0.15, -0.1) is 0 Å². The molecule has 8 nitrogen and oxygen atoms in total. The molecule has 32 heavy (non-hydrogen) atoms. The van der Waals surface area contributed by atoms with E-state index in [-0.39, 0.29) is 18.9 Å². The number of carbonyl (C=O) groups is 1. The van der Waals surface area contributed by atoms with E-state index in [4.69, 9.17) is 14.2 Å². The molecule has 1 N–H and O–H groups in total. The molecule has 0 spiro atoms. The van der Waals surface area contributed by atoms with Crippen molar-refractivity contribution in [3.05, 3.63) is 47.5 Å². The van der Waals surface area contributed by atoms with Crippen LogP contribution in [0.1, 0.15) is 24.0 Å². The summed E-state index contributed by atoms with van der Waals surface area (Å²) >= 11 is 0. The van der Waals surface area contributed by atoms with E-state index < -0.39 is 10.0 Å². The Kier molecular flexibility index (Phi) is 9.19. The van der Waals surface area contributed by atoms with Gasteiger partial charge in [-0.25, -0.2) is 8.42 Å². The first-order chi connectivity index (χ1) is 15.2. The highest BCUT2D eigenvalue weighted by Crippen LogP contribution is 2.33. The van der Waals surface area contributed by atoms with Crippen molar-refractivity contribution < 1.29 is 27.4 Å². The average Bonchev–Trinajstić information content (AvgIpc) is 2.74. The molecule has 2 rings (SSSR count). The quantitative estimate of drug-likeness (QED) is 0.485. The standard InChI is InChI=1S/C23H32N2O6S/c1-17-8-10-21(18(2)15-17)31-14-12-24-23(26)7-6-13-25(32(5,27)28)20-16-19(29-3)9-11-22(20)30-4/h8-11,15-16H,6-7,12-14H2,1-5H3,(H,24,26). The molecule has 0 saturated carbocycles. The molecule has 0 aliphatic heterocycles. The maximum Gasteiger partial charge on any atom is 0.232 e. The van der Waals surface area contributed by atoms with E-state index in [2.05, 4.69) is 5.32 Å². The van der Waals surface area contributed by atoms with Crippen LogP contribution < -0.4 is 23.8 Å². The number of nitrogens with zero attached hydrogens (tertiary/aromatic N) is 1. The zero-order valence-corrected chi connectivity index (χ0v) is 20.1. The largest absolute Gasteiger partial charge is 0.497 e. The summed E-state index contributed by atoms with van der Waals surface area (Å²) in [6.45, 7) is 4.85. The highest BCUT2D eigenvalue weighted by Gasteiger charge is 2.22. The van der Waals surface area contributed by atoms with Crippen LogP contribution in [0, 0.1) is 13.8 Å². The molecule has 0 aliphatic carbocycles.